The van der Waals surface area contributed by atoms with Gasteiger partial charge in [-0.25, -0.2) is 0 Å². The van der Waals surface area contributed by atoms with E-state index in [1.165, 1.54) is 11.1 Å². The summed E-state index contributed by atoms with van der Waals surface area (Å²) in [6.45, 7) is 2.26. The minimum Gasteiger partial charge on any atom is -0.493 e. The Bertz CT molecular complexity index is 487. The van der Waals surface area contributed by atoms with Crippen LogP contribution in [0, 0.1) is 0 Å². The third-order valence-electron chi connectivity index (χ3n) is 3.96. The van der Waals surface area contributed by atoms with E-state index in [0.717, 1.165) is 38.2 Å². The van der Waals surface area contributed by atoms with Gasteiger partial charge in [-0.15, -0.1) is 0 Å². The predicted molar refractivity (Wildman–Crippen MR) is 73.1 cm³/mol. The van der Waals surface area contributed by atoms with Crippen LogP contribution in [0.1, 0.15) is 24.0 Å². The van der Waals surface area contributed by atoms with Crippen LogP contribution in [0.4, 0.5) is 0 Å². The molecule has 1 aromatic carbocycles. The van der Waals surface area contributed by atoms with Gasteiger partial charge < -0.3 is 15.4 Å². The van der Waals surface area contributed by atoms with Crippen molar-refractivity contribution in [3.63, 3.8) is 0 Å². The maximum atomic E-state index is 11.8. The third kappa shape index (κ3) is 2.73. The largest absolute Gasteiger partial charge is 0.493 e. The maximum absolute atomic E-state index is 11.8. The number of piperidine rings is 1. The third-order valence-corrected chi connectivity index (χ3v) is 3.96. The van der Waals surface area contributed by atoms with E-state index in [0.29, 0.717) is 13.0 Å². The molecule has 19 heavy (non-hydrogen) atoms. The van der Waals surface area contributed by atoms with E-state index >= 15 is 0 Å². The molecule has 1 aromatic rings. The van der Waals surface area contributed by atoms with Crippen LogP contribution in [0.2, 0.25) is 0 Å². The lowest BCUT2D eigenvalue weighted by atomic mass is 10.0. The first-order valence-electron chi connectivity index (χ1n) is 7.00. The summed E-state index contributed by atoms with van der Waals surface area (Å²) in [4.78, 5) is 13.7. The predicted octanol–water partition coefficient (Wildman–Crippen LogP) is 1.11. The number of carbonyl (C=O) groups excluding carboxylic acids is 1. The van der Waals surface area contributed by atoms with Crippen molar-refractivity contribution in [1.29, 1.82) is 0 Å². The van der Waals surface area contributed by atoms with E-state index in [1.54, 1.807) is 0 Å². The van der Waals surface area contributed by atoms with Crippen LogP contribution in [-0.4, -0.2) is 36.5 Å². The summed E-state index contributed by atoms with van der Waals surface area (Å²) in [5.74, 6) is 1.26. The Kier molecular flexibility index (Phi) is 3.42. The maximum Gasteiger partial charge on any atom is 0.222 e. The van der Waals surface area contributed by atoms with Crippen molar-refractivity contribution in [1.82, 2.24) is 4.90 Å². The second-order valence-electron chi connectivity index (χ2n) is 5.43. The number of nitrogens with zero attached hydrogens (tertiary/aromatic N) is 1. The molecule has 0 radical (unpaired) electrons. The summed E-state index contributed by atoms with van der Waals surface area (Å²) < 4.78 is 5.50. The first kappa shape index (κ1) is 12.5. The Morgan fingerprint density at radius 1 is 1.37 bits per heavy atom. The molecule has 4 heteroatoms. The van der Waals surface area contributed by atoms with Gasteiger partial charge in [0.15, 0.2) is 0 Å². The molecule has 0 saturated carbocycles. The van der Waals surface area contributed by atoms with Crippen LogP contribution in [0.25, 0.3) is 0 Å². The van der Waals surface area contributed by atoms with E-state index in [2.05, 4.69) is 12.1 Å². The van der Waals surface area contributed by atoms with Crippen LogP contribution in [-0.2, 0) is 17.6 Å². The van der Waals surface area contributed by atoms with Crippen molar-refractivity contribution in [3.05, 3.63) is 29.3 Å². The molecule has 4 nitrogen and oxygen atoms in total. The summed E-state index contributed by atoms with van der Waals surface area (Å²) in [7, 11) is 0. The van der Waals surface area contributed by atoms with Crippen molar-refractivity contribution in [3.8, 4) is 5.75 Å². The number of likely N-dealkylation sites (tertiary alicyclic amines) is 1. The highest BCUT2D eigenvalue weighted by Crippen LogP contribution is 2.26. The minimum absolute atomic E-state index is 0.145. The standard InChI is InChI=1S/C15H20N2O2/c16-13-2-4-15(18)17(10-13)7-5-11-1-3-14-12(9-11)6-8-19-14/h1,3,9,13H,2,4-8,10,16H2. The zero-order chi connectivity index (χ0) is 13.2. The van der Waals surface area contributed by atoms with Crippen LogP contribution >= 0.6 is 0 Å². The summed E-state index contributed by atoms with van der Waals surface area (Å²) in [5.41, 5.74) is 8.48. The molecule has 1 unspecified atom stereocenters. The molecule has 1 fully saturated rings. The first-order chi connectivity index (χ1) is 9.22. The van der Waals surface area contributed by atoms with Gasteiger partial charge in [-0.2, -0.15) is 0 Å². The van der Waals surface area contributed by atoms with Crippen LogP contribution in [0.15, 0.2) is 18.2 Å². The molecule has 3 rings (SSSR count). The molecule has 1 amide bonds. The summed E-state index contributed by atoms with van der Waals surface area (Å²) in [6, 6.07) is 6.49. The highest BCUT2D eigenvalue weighted by Gasteiger charge is 2.22. The van der Waals surface area contributed by atoms with Crippen LogP contribution < -0.4 is 10.5 Å². The number of carbonyl (C=O) groups is 1. The molecule has 0 aliphatic carbocycles. The fourth-order valence-corrected chi connectivity index (χ4v) is 2.82. The Hall–Kier alpha value is -1.55. The second kappa shape index (κ2) is 5.21. The highest BCUT2D eigenvalue weighted by atomic mass is 16.5. The van der Waals surface area contributed by atoms with E-state index in [4.69, 9.17) is 10.5 Å². The minimum atomic E-state index is 0.145. The molecule has 2 aliphatic heterocycles. The number of amides is 1. The summed E-state index contributed by atoms with van der Waals surface area (Å²) in [5, 5.41) is 0. The number of fused-ring (bicyclic) bond motifs is 1. The number of ether oxygens (including phenoxy) is 1. The number of benzene rings is 1. The molecular weight excluding hydrogens is 240 g/mol. The van der Waals surface area contributed by atoms with Crippen molar-refractivity contribution in [2.45, 2.75) is 31.7 Å². The Balaban J connectivity index is 1.61. The van der Waals surface area contributed by atoms with E-state index in [9.17, 15) is 4.79 Å². The average molecular weight is 260 g/mol. The molecule has 0 spiro atoms. The Morgan fingerprint density at radius 3 is 3.16 bits per heavy atom. The number of nitrogens with two attached hydrogens (primary N) is 1. The fourth-order valence-electron chi connectivity index (χ4n) is 2.82. The molecule has 102 valence electrons. The average Bonchev–Trinajstić information content (AvgIpc) is 2.87. The topological polar surface area (TPSA) is 55.6 Å². The molecule has 2 heterocycles. The van der Waals surface area contributed by atoms with Gasteiger partial charge in [0, 0.05) is 32.0 Å². The number of hydrogen-bond donors (Lipinski definition) is 1. The van der Waals surface area contributed by atoms with Crippen molar-refractivity contribution in [2.24, 2.45) is 5.73 Å². The van der Waals surface area contributed by atoms with Crippen molar-refractivity contribution >= 4 is 5.91 Å². The molecule has 0 aromatic heterocycles. The van der Waals surface area contributed by atoms with Crippen molar-refractivity contribution < 1.29 is 9.53 Å². The number of hydrogen-bond acceptors (Lipinski definition) is 3. The first-order valence-corrected chi connectivity index (χ1v) is 7.00. The van der Waals surface area contributed by atoms with Gasteiger partial charge >= 0.3 is 0 Å². The van der Waals surface area contributed by atoms with Gasteiger partial charge in [0.05, 0.1) is 6.61 Å². The van der Waals surface area contributed by atoms with Crippen LogP contribution in [0.3, 0.4) is 0 Å². The molecule has 1 atom stereocenters. The monoisotopic (exact) mass is 260 g/mol. The quantitative estimate of drug-likeness (QED) is 0.886. The Labute approximate surface area is 113 Å². The second-order valence-corrected chi connectivity index (χ2v) is 5.43. The molecule has 0 bridgehead atoms. The van der Waals surface area contributed by atoms with Gasteiger partial charge in [-0.1, -0.05) is 12.1 Å². The van der Waals surface area contributed by atoms with Crippen molar-refractivity contribution in [2.75, 3.05) is 19.7 Å². The van der Waals surface area contributed by atoms with Gasteiger partial charge in [-0.05, 0) is 30.0 Å². The molecule has 2 aliphatic rings. The lowest BCUT2D eigenvalue weighted by Crippen LogP contribution is -2.46. The van der Waals surface area contributed by atoms with E-state index in [-0.39, 0.29) is 11.9 Å². The van der Waals surface area contributed by atoms with Gasteiger partial charge in [0.25, 0.3) is 0 Å². The molecule has 1 saturated heterocycles. The lowest BCUT2D eigenvalue weighted by Gasteiger charge is -2.30. The van der Waals surface area contributed by atoms with Gasteiger partial charge in [0.1, 0.15) is 5.75 Å². The highest BCUT2D eigenvalue weighted by molar-refractivity contribution is 5.77. The Morgan fingerprint density at radius 2 is 2.26 bits per heavy atom. The SMILES string of the molecule is NC1CCC(=O)N(CCc2ccc3c(c2)CCO3)C1. The van der Waals surface area contributed by atoms with Gasteiger partial charge in [0.2, 0.25) is 5.91 Å². The zero-order valence-corrected chi connectivity index (χ0v) is 11.1. The molecular formula is C15H20N2O2. The van der Waals surface area contributed by atoms with E-state index in [1.807, 2.05) is 11.0 Å². The zero-order valence-electron chi connectivity index (χ0n) is 11.1. The van der Waals surface area contributed by atoms with E-state index < -0.39 is 0 Å². The summed E-state index contributed by atoms with van der Waals surface area (Å²) >= 11 is 0. The van der Waals surface area contributed by atoms with Crippen LogP contribution in [0.5, 0.6) is 5.75 Å². The molecule has 2 N–H and O–H groups in total. The number of rotatable bonds is 3. The smallest absolute Gasteiger partial charge is 0.222 e. The van der Waals surface area contributed by atoms with Gasteiger partial charge in [-0.3, -0.25) is 4.79 Å². The summed E-state index contributed by atoms with van der Waals surface area (Å²) in [6.07, 6.45) is 3.31. The normalized spacial score (nSPS) is 22.3. The lowest BCUT2D eigenvalue weighted by molar-refractivity contribution is -0.133. The fraction of sp³-hybridized carbons (Fsp3) is 0.533.